The number of allylic oxidation sites excluding steroid dienone is 2. The van der Waals surface area contributed by atoms with Crippen LogP contribution >= 0.6 is 11.8 Å². The molecule has 4 nitrogen and oxygen atoms in total. The largest absolute Gasteiger partial charge is 0.478 e. The Morgan fingerprint density at radius 3 is 2.26 bits per heavy atom. The molecule has 5 heteroatoms. The van der Waals surface area contributed by atoms with E-state index in [1.54, 1.807) is 23.9 Å². The predicted molar refractivity (Wildman–Crippen MR) is 173 cm³/mol. The van der Waals surface area contributed by atoms with E-state index in [1.807, 2.05) is 30.3 Å². The van der Waals surface area contributed by atoms with E-state index in [4.69, 9.17) is 0 Å². The number of benzene rings is 4. The lowest BCUT2D eigenvalue weighted by Gasteiger charge is -2.24. The Labute approximate surface area is 252 Å². The Balaban J connectivity index is 1.32. The number of fused-ring (bicyclic) bond motifs is 1. The van der Waals surface area contributed by atoms with Gasteiger partial charge >= 0.3 is 5.97 Å². The molecule has 0 spiro atoms. The molecule has 4 aromatic rings. The molecular formula is C37H37NO3S. The number of rotatable bonds is 8. The standard InChI is InChI=1S/C37H37NO3S/c1-23-19-30(20-26-9-13-28(14-10-26)33-7-5-6-8-34(33)37(40)41)25(3)32-18-15-29(21-35(32)24(23)2)36(39)38-22-27-11-16-31(42-4)17-12-27/h5-18,21,25,30H,19-20,22H2,1-4H3,(H,38,39)(H,40,41). The van der Waals surface area contributed by atoms with E-state index >= 15 is 0 Å². The van der Waals surface area contributed by atoms with E-state index in [0.29, 0.717) is 29.5 Å². The third kappa shape index (κ3) is 6.37. The maximum Gasteiger partial charge on any atom is 0.336 e. The second-order valence-corrected chi connectivity index (χ2v) is 12.1. The van der Waals surface area contributed by atoms with E-state index in [2.05, 4.69) is 80.9 Å². The third-order valence-corrected chi connectivity index (χ3v) is 9.40. The van der Waals surface area contributed by atoms with Gasteiger partial charge in [0, 0.05) is 17.0 Å². The zero-order valence-electron chi connectivity index (χ0n) is 24.6. The number of hydrogen-bond donors (Lipinski definition) is 2. The number of nitrogens with one attached hydrogen (secondary N) is 1. The summed E-state index contributed by atoms with van der Waals surface area (Å²) in [4.78, 5) is 26.0. The number of thioether (sulfide) groups is 1. The summed E-state index contributed by atoms with van der Waals surface area (Å²) >= 11 is 1.71. The summed E-state index contributed by atoms with van der Waals surface area (Å²) in [6.07, 6.45) is 3.96. The molecule has 214 valence electrons. The number of amides is 1. The van der Waals surface area contributed by atoms with Crippen molar-refractivity contribution >= 4 is 29.2 Å². The van der Waals surface area contributed by atoms with Crippen molar-refractivity contribution in [3.8, 4) is 11.1 Å². The molecule has 5 rings (SSSR count). The van der Waals surface area contributed by atoms with Crippen molar-refractivity contribution in [2.45, 2.75) is 51.0 Å². The van der Waals surface area contributed by atoms with Crippen LogP contribution in [-0.2, 0) is 13.0 Å². The third-order valence-electron chi connectivity index (χ3n) is 8.66. The van der Waals surface area contributed by atoms with Gasteiger partial charge in [-0.05, 0) is 114 Å². The first-order valence-electron chi connectivity index (χ1n) is 14.4. The fourth-order valence-corrected chi connectivity index (χ4v) is 6.36. The molecule has 0 saturated carbocycles. The Kier molecular flexibility index (Phi) is 8.98. The van der Waals surface area contributed by atoms with Gasteiger partial charge in [-0.15, -0.1) is 11.8 Å². The highest BCUT2D eigenvalue weighted by molar-refractivity contribution is 7.98. The molecule has 0 aromatic heterocycles. The SMILES string of the molecule is CSc1ccc(CNC(=O)c2ccc3c(c2)C(C)=C(C)CC(Cc2ccc(-c4ccccc4C(=O)O)cc2)C3C)cc1. The van der Waals surface area contributed by atoms with Crippen molar-refractivity contribution in [1.82, 2.24) is 5.32 Å². The van der Waals surface area contributed by atoms with Crippen LogP contribution in [0.25, 0.3) is 16.7 Å². The zero-order chi connectivity index (χ0) is 29.8. The lowest BCUT2D eigenvalue weighted by molar-refractivity contribution is 0.0697. The smallest absolute Gasteiger partial charge is 0.336 e. The van der Waals surface area contributed by atoms with Gasteiger partial charge in [-0.25, -0.2) is 4.79 Å². The highest BCUT2D eigenvalue weighted by atomic mass is 32.2. The topological polar surface area (TPSA) is 66.4 Å². The number of hydrogen-bond acceptors (Lipinski definition) is 3. The quantitative estimate of drug-likeness (QED) is 0.206. The molecule has 2 unspecified atom stereocenters. The second kappa shape index (κ2) is 12.8. The highest BCUT2D eigenvalue weighted by Crippen LogP contribution is 2.41. The molecule has 2 atom stereocenters. The van der Waals surface area contributed by atoms with Gasteiger partial charge in [0.25, 0.3) is 5.91 Å². The molecule has 0 fully saturated rings. The van der Waals surface area contributed by atoms with Crippen LogP contribution in [0.5, 0.6) is 0 Å². The summed E-state index contributed by atoms with van der Waals surface area (Å²) in [6, 6.07) is 29.9. The van der Waals surface area contributed by atoms with Gasteiger partial charge in [0.1, 0.15) is 0 Å². The summed E-state index contributed by atoms with van der Waals surface area (Å²) in [5, 5.41) is 12.7. The normalized spacial score (nSPS) is 16.5. The summed E-state index contributed by atoms with van der Waals surface area (Å²) in [5.41, 5.74) is 10.0. The minimum atomic E-state index is -0.917. The molecule has 1 aliphatic carbocycles. The number of aromatic carboxylic acids is 1. The molecule has 1 amide bonds. The molecule has 0 aliphatic heterocycles. The minimum absolute atomic E-state index is 0.0600. The molecule has 42 heavy (non-hydrogen) atoms. The van der Waals surface area contributed by atoms with Crippen LogP contribution in [0.2, 0.25) is 0 Å². The molecule has 0 bridgehead atoms. The van der Waals surface area contributed by atoms with Gasteiger partial charge in [-0.1, -0.05) is 73.2 Å². The van der Waals surface area contributed by atoms with Gasteiger partial charge in [0.05, 0.1) is 5.56 Å². The fraction of sp³-hybridized carbons (Fsp3) is 0.243. The van der Waals surface area contributed by atoms with Crippen LogP contribution in [-0.4, -0.2) is 23.2 Å². The molecule has 4 aromatic carbocycles. The van der Waals surface area contributed by atoms with Crippen LogP contribution in [0.3, 0.4) is 0 Å². The van der Waals surface area contributed by atoms with Crippen molar-refractivity contribution in [2.24, 2.45) is 5.92 Å². The van der Waals surface area contributed by atoms with Gasteiger partial charge in [0.15, 0.2) is 0 Å². The van der Waals surface area contributed by atoms with E-state index in [0.717, 1.165) is 29.5 Å². The van der Waals surface area contributed by atoms with Gasteiger partial charge in [-0.3, -0.25) is 4.79 Å². The van der Waals surface area contributed by atoms with E-state index in [1.165, 1.54) is 32.7 Å². The number of carbonyl (C=O) groups excluding carboxylic acids is 1. The van der Waals surface area contributed by atoms with Crippen molar-refractivity contribution < 1.29 is 14.7 Å². The Hall–Kier alpha value is -4.09. The molecule has 1 aliphatic rings. The van der Waals surface area contributed by atoms with Crippen LogP contribution in [0.1, 0.15) is 76.1 Å². The monoisotopic (exact) mass is 575 g/mol. The predicted octanol–water partition coefficient (Wildman–Crippen LogP) is 8.86. The summed E-state index contributed by atoms with van der Waals surface area (Å²) in [6.45, 7) is 7.18. The Morgan fingerprint density at radius 2 is 1.57 bits per heavy atom. The van der Waals surface area contributed by atoms with Crippen LogP contribution < -0.4 is 5.32 Å². The van der Waals surface area contributed by atoms with Gasteiger partial charge < -0.3 is 10.4 Å². The maximum atomic E-state index is 13.1. The zero-order valence-corrected chi connectivity index (χ0v) is 25.4. The van der Waals surface area contributed by atoms with Crippen LogP contribution in [0.4, 0.5) is 0 Å². The summed E-state index contributed by atoms with van der Waals surface area (Å²) in [7, 11) is 0. The first-order chi connectivity index (χ1) is 20.2. The van der Waals surface area contributed by atoms with E-state index in [9.17, 15) is 14.7 Å². The summed E-state index contributed by atoms with van der Waals surface area (Å²) in [5.74, 6) is -0.260. The molecule has 2 N–H and O–H groups in total. The number of carbonyl (C=O) groups is 2. The first kappa shape index (κ1) is 29.4. The number of carboxylic acid groups (broad SMARTS) is 1. The lowest BCUT2D eigenvalue weighted by Crippen LogP contribution is -2.23. The lowest BCUT2D eigenvalue weighted by atomic mass is 9.80. The minimum Gasteiger partial charge on any atom is -0.478 e. The van der Waals surface area contributed by atoms with E-state index < -0.39 is 5.97 Å². The average Bonchev–Trinajstić information content (AvgIpc) is 3.10. The van der Waals surface area contributed by atoms with Crippen molar-refractivity contribution in [2.75, 3.05) is 6.26 Å². The molecule has 0 heterocycles. The van der Waals surface area contributed by atoms with Crippen LogP contribution in [0, 0.1) is 5.92 Å². The molecule has 0 saturated heterocycles. The second-order valence-electron chi connectivity index (χ2n) is 11.2. The van der Waals surface area contributed by atoms with Crippen molar-refractivity contribution in [3.05, 3.63) is 130 Å². The van der Waals surface area contributed by atoms with Crippen LogP contribution in [0.15, 0.2) is 101 Å². The van der Waals surface area contributed by atoms with E-state index in [-0.39, 0.29) is 5.91 Å². The Bertz CT molecular complexity index is 1640. The highest BCUT2D eigenvalue weighted by Gasteiger charge is 2.27. The maximum absolute atomic E-state index is 13.1. The summed E-state index contributed by atoms with van der Waals surface area (Å²) < 4.78 is 0. The first-order valence-corrected chi connectivity index (χ1v) is 15.6. The van der Waals surface area contributed by atoms with Crippen molar-refractivity contribution in [1.29, 1.82) is 0 Å². The Morgan fingerprint density at radius 1 is 0.881 bits per heavy atom. The average molecular weight is 576 g/mol. The fourth-order valence-electron chi connectivity index (χ4n) is 5.95. The number of carboxylic acids is 1. The molecule has 0 radical (unpaired) electrons. The molecular weight excluding hydrogens is 538 g/mol. The van der Waals surface area contributed by atoms with Crippen molar-refractivity contribution in [3.63, 3.8) is 0 Å². The van der Waals surface area contributed by atoms with Gasteiger partial charge in [0.2, 0.25) is 0 Å². The van der Waals surface area contributed by atoms with Gasteiger partial charge in [-0.2, -0.15) is 0 Å².